The van der Waals surface area contributed by atoms with Gasteiger partial charge in [0.1, 0.15) is 5.56 Å². The maximum absolute atomic E-state index is 13.2. The number of benzene rings is 2. The molecule has 0 saturated carbocycles. The lowest BCUT2D eigenvalue weighted by Crippen LogP contribution is -2.24. The molecule has 5 rings (SSSR count). The molecule has 2 aromatic carbocycles. The molecule has 1 N–H and O–H groups in total. The molecule has 1 amide bonds. The SMILES string of the molecule is Cc1nn(-c2ccccc2)c(-n2cccc2)c1C(=O)NCc1ccc2c(c1)OCO2. The van der Waals surface area contributed by atoms with E-state index in [1.807, 2.05) is 84.5 Å². The van der Waals surface area contributed by atoms with Crippen LogP contribution in [0.3, 0.4) is 0 Å². The van der Waals surface area contributed by atoms with Gasteiger partial charge in [0.2, 0.25) is 6.79 Å². The van der Waals surface area contributed by atoms with Gasteiger partial charge in [-0.05, 0) is 48.9 Å². The molecular weight excluding hydrogens is 380 g/mol. The molecule has 7 nitrogen and oxygen atoms in total. The second kappa shape index (κ2) is 7.44. The molecule has 0 unspecified atom stereocenters. The number of aromatic nitrogens is 3. The highest BCUT2D eigenvalue weighted by Crippen LogP contribution is 2.32. The number of hydrogen-bond donors (Lipinski definition) is 1. The zero-order valence-electron chi connectivity index (χ0n) is 16.4. The second-order valence-corrected chi connectivity index (χ2v) is 6.99. The van der Waals surface area contributed by atoms with E-state index in [0.29, 0.717) is 29.4 Å². The Morgan fingerprint density at radius 3 is 2.60 bits per heavy atom. The van der Waals surface area contributed by atoms with Gasteiger partial charge in [0, 0.05) is 18.9 Å². The van der Waals surface area contributed by atoms with Crippen LogP contribution >= 0.6 is 0 Å². The lowest BCUT2D eigenvalue weighted by Gasteiger charge is -2.11. The molecule has 4 aromatic rings. The maximum Gasteiger partial charge on any atom is 0.257 e. The first kappa shape index (κ1) is 18.1. The fourth-order valence-corrected chi connectivity index (χ4v) is 3.57. The zero-order valence-corrected chi connectivity index (χ0v) is 16.4. The number of para-hydroxylation sites is 1. The summed E-state index contributed by atoms with van der Waals surface area (Å²) in [6.07, 6.45) is 3.81. The highest BCUT2D eigenvalue weighted by Gasteiger charge is 2.23. The summed E-state index contributed by atoms with van der Waals surface area (Å²) in [5.41, 5.74) is 3.02. The molecule has 150 valence electrons. The van der Waals surface area contributed by atoms with Gasteiger partial charge in [-0.15, -0.1) is 0 Å². The van der Waals surface area contributed by atoms with Crippen molar-refractivity contribution in [1.82, 2.24) is 19.7 Å². The van der Waals surface area contributed by atoms with Gasteiger partial charge in [-0.3, -0.25) is 4.79 Å². The molecule has 0 atom stereocenters. The van der Waals surface area contributed by atoms with Gasteiger partial charge >= 0.3 is 0 Å². The Morgan fingerprint density at radius 2 is 1.80 bits per heavy atom. The van der Waals surface area contributed by atoms with Crippen molar-refractivity contribution in [3.8, 4) is 23.0 Å². The van der Waals surface area contributed by atoms with Gasteiger partial charge in [0.05, 0.1) is 11.4 Å². The molecule has 2 aromatic heterocycles. The minimum absolute atomic E-state index is 0.184. The number of nitrogens with zero attached hydrogens (tertiary/aromatic N) is 3. The number of carbonyl (C=O) groups is 1. The first-order chi connectivity index (χ1) is 14.7. The van der Waals surface area contributed by atoms with Crippen LogP contribution in [0, 0.1) is 6.92 Å². The molecule has 30 heavy (non-hydrogen) atoms. The summed E-state index contributed by atoms with van der Waals surface area (Å²) in [6, 6.07) is 19.3. The first-order valence-corrected chi connectivity index (χ1v) is 9.66. The van der Waals surface area contributed by atoms with Crippen LogP contribution in [0.5, 0.6) is 11.5 Å². The summed E-state index contributed by atoms with van der Waals surface area (Å²) in [5.74, 6) is 1.94. The Kier molecular flexibility index (Phi) is 4.48. The molecule has 1 aliphatic rings. The molecule has 0 bridgehead atoms. The van der Waals surface area contributed by atoms with Crippen LogP contribution in [-0.2, 0) is 6.54 Å². The number of fused-ring (bicyclic) bond motifs is 1. The predicted molar refractivity (Wildman–Crippen MR) is 111 cm³/mol. The summed E-state index contributed by atoms with van der Waals surface area (Å²) in [7, 11) is 0. The quantitative estimate of drug-likeness (QED) is 0.555. The first-order valence-electron chi connectivity index (χ1n) is 9.66. The Labute approximate surface area is 173 Å². The van der Waals surface area contributed by atoms with E-state index in [0.717, 1.165) is 17.0 Å². The van der Waals surface area contributed by atoms with E-state index >= 15 is 0 Å². The average Bonchev–Trinajstić information content (AvgIpc) is 3.51. The van der Waals surface area contributed by atoms with E-state index in [1.165, 1.54) is 0 Å². The van der Waals surface area contributed by atoms with E-state index in [2.05, 4.69) is 10.4 Å². The fraction of sp³-hybridized carbons (Fsp3) is 0.130. The van der Waals surface area contributed by atoms with Crippen molar-refractivity contribution < 1.29 is 14.3 Å². The molecule has 0 saturated heterocycles. The van der Waals surface area contributed by atoms with Crippen molar-refractivity contribution in [2.45, 2.75) is 13.5 Å². The third-order valence-corrected chi connectivity index (χ3v) is 5.00. The van der Waals surface area contributed by atoms with Gasteiger partial charge < -0.3 is 19.4 Å². The number of nitrogens with one attached hydrogen (secondary N) is 1. The Balaban J connectivity index is 1.47. The van der Waals surface area contributed by atoms with Crippen LogP contribution in [0.15, 0.2) is 73.1 Å². The normalized spacial score (nSPS) is 12.2. The molecule has 7 heteroatoms. The van der Waals surface area contributed by atoms with Crippen molar-refractivity contribution in [3.63, 3.8) is 0 Å². The topological polar surface area (TPSA) is 70.3 Å². The molecule has 0 radical (unpaired) electrons. The zero-order chi connectivity index (χ0) is 20.5. The molecule has 3 heterocycles. The lowest BCUT2D eigenvalue weighted by atomic mass is 10.1. The number of aryl methyl sites for hydroxylation is 1. The Bertz CT molecular complexity index is 1200. The van der Waals surface area contributed by atoms with Crippen LogP contribution in [0.4, 0.5) is 0 Å². The third-order valence-electron chi connectivity index (χ3n) is 5.00. The highest BCUT2D eigenvalue weighted by molar-refractivity contribution is 5.98. The number of hydrogen-bond acceptors (Lipinski definition) is 4. The third kappa shape index (κ3) is 3.20. The lowest BCUT2D eigenvalue weighted by molar-refractivity contribution is 0.0950. The van der Waals surface area contributed by atoms with Crippen molar-refractivity contribution in [2.24, 2.45) is 0 Å². The number of ether oxygens (including phenoxy) is 2. The van der Waals surface area contributed by atoms with Gasteiger partial charge in [0.15, 0.2) is 17.3 Å². The van der Waals surface area contributed by atoms with Crippen LogP contribution in [0.2, 0.25) is 0 Å². The summed E-state index contributed by atoms with van der Waals surface area (Å²) in [6.45, 7) is 2.45. The summed E-state index contributed by atoms with van der Waals surface area (Å²) >= 11 is 0. The van der Waals surface area contributed by atoms with Crippen molar-refractivity contribution in [2.75, 3.05) is 6.79 Å². The molecule has 0 aliphatic carbocycles. The number of amides is 1. The van der Waals surface area contributed by atoms with E-state index in [4.69, 9.17) is 9.47 Å². The van der Waals surface area contributed by atoms with Crippen LogP contribution < -0.4 is 14.8 Å². The summed E-state index contributed by atoms with van der Waals surface area (Å²) in [4.78, 5) is 13.2. The Morgan fingerprint density at radius 1 is 1.03 bits per heavy atom. The second-order valence-electron chi connectivity index (χ2n) is 6.99. The van der Waals surface area contributed by atoms with E-state index in [1.54, 1.807) is 4.68 Å². The smallest absolute Gasteiger partial charge is 0.257 e. The van der Waals surface area contributed by atoms with E-state index in [-0.39, 0.29) is 12.7 Å². The molecule has 0 spiro atoms. The van der Waals surface area contributed by atoms with Crippen molar-refractivity contribution in [1.29, 1.82) is 0 Å². The van der Waals surface area contributed by atoms with Gasteiger partial charge in [-0.1, -0.05) is 24.3 Å². The summed E-state index contributed by atoms with van der Waals surface area (Å²) in [5, 5.41) is 7.67. The molecular formula is C23H20N4O3. The Hall–Kier alpha value is -4.00. The van der Waals surface area contributed by atoms with Crippen LogP contribution in [0.25, 0.3) is 11.5 Å². The fourth-order valence-electron chi connectivity index (χ4n) is 3.57. The maximum atomic E-state index is 13.2. The van der Waals surface area contributed by atoms with Gasteiger partial charge in [-0.25, -0.2) is 4.68 Å². The number of rotatable bonds is 5. The average molecular weight is 400 g/mol. The van der Waals surface area contributed by atoms with Crippen LogP contribution in [-0.4, -0.2) is 27.0 Å². The minimum atomic E-state index is -0.184. The number of carbonyl (C=O) groups excluding carboxylic acids is 1. The minimum Gasteiger partial charge on any atom is -0.454 e. The highest BCUT2D eigenvalue weighted by atomic mass is 16.7. The van der Waals surface area contributed by atoms with E-state index in [9.17, 15) is 4.79 Å². The van der Waals surface area contributed by atoms with E-state index < -0.39 is 0 Å². The van der Waals surface area contributed by atoms with Crippen molar-refractivity contribution >= 4 is 5.91 Å². The van der Waals surface area contributed by atoms with Crippen LogP contribution in [0.1, 0.15) is 21.6 Å². The molecule has 1 aliphatic heterocycles. The standard InChI is InChI=1S/C23H20N4O3/c1-16-21(22(28)24-14-17-9-10-19-20(13-17)30-15-29-19)23(26-11-5-6-12-26)27(25-16)18-7-3-2-4-8-18/h2-13H,14-15H2,1H3,(H,24,28). The summed E-state index contributed by atoms with van der Waals surface area (Å²) < 4.78 is 14.5. The largest absolute Gasteiger partial charge is 0.454 e. The van der Waals surface area contributed by atoms with Gasteiger partial charge in [0.25, 0.3) is 5.91 Å². The molecule has 0 fully saturated rings. The van der Waals surface area contributed by atoms with Crippen molar-refractivity contribution in [3.05, 3.63) is 89.9 Å². The monoisotopic (exact) mass is 400 g/mol. The predicted octanol–water partition coefficient (Wildman–Crippen LogP) is 3.63. The van der Waals surface area contributed by atoms with Gasteiger partial charge in [-0.2, -0.15) is 5.10 Å².